The molecule has 0 aromatic heterocycles. The van der Waals surface area contributed by atoms with Gasteiger partial charge in [0, 0.05) is 16.7 Å². The topological polar surface area (TPSA) is 70.4 Å². The Morgan fingerprint density at radius 3 is 2.32 bits per heavy atom. The number of carbonyl (C=O) groups excluding carboxylic acids is 2. The van der Waals surface area contributed by atoms with Crippen molar-refractivity contribution in [3.8, 4) is 5.75 Å². The first kappa shape index (κ1) is 20.3. The lowest BCUT2D eigenvalue weighted by Crippen LogP contribution is -2.42. The standard InChI is InChI=1S/C25H23N3O3/c1-17-8-10-18(11-9-17)16-28-23(19-12-14-21(31-2)15-13-19)22(25(30)27-28)26-24(29)20-6-4-3-5-7-20/h3-16,22-23H,1-2H3,(H-,26,27,29,30)/p+1/b28-16-/t22-,23+/m1/s1. The van der Waals surface area contributed by atoms with Crippen LogP contribution >= 0.6 is 0 Å². The third-order valence-corrected chi connectivity index (χ3v) is 5.28. The maximum Gasteiger partial charge on any atom is 0.304 e. The van der Waals surface area contributed by atoms with Gasteiger partial charge in [0.2, 0.25) is 12.3 Å². The Hall–Kier alpha value is -3.93. The molecule has 1 saturated heterocycles. The monoisotopic (exact) mass is 414 g/mol. The Morgan fingerprint density at radius 1 is 1.00 bits per heavy atom. The minimum absolute atomic E-state index is 0.270. The lowest BCUT2D eigenvalue weighted by Gasteiger charge is -2.15. The molecule has 31 heavy (non-hydrogen) atoms. The van der Waals surface area contributed by atoms with Crippen LogP contribution in [0.5, 0.6) is 5.75 Å². The van der Waals surface area contributed by atoms with Crippen molar-refractivity contribution in [1.82, 2.24) is 10.7 Å². The summed E-state index contributed by atoms with van der Waals surface area (Å²) in [7, 11) is 1.61. The number of methoxy groups -OCH3 is 1. The Morgan fingerprint density at radius 2 is 1.68 bits per heavy atom. The molecule has 0 radical (unpaired) electrons. The fourth-order valence-electron chi connectivity index (χ4n) is 3.61. The molecule has 4 rings (SSSR count). The van der Waals surface area contributed by atoms with Crippen LogP contribution in [-0.2, 0) is 4.79 Å². The highest BCUT2D eigenvalue weighted by molar-refractivity contribution is 5.98. The predicted octanol–water partition coefficient (Wildman–Crippen LogP) is 3.02. The maximum absolute atomic E-state index is 12.9. The first-order valence-corrected chi connectivity index (χ1v) is 10.1. The Bertz CT molecular complexity index is 1110. The molecule has 1 aliphatic heterocycles. The smallest absolute Gasteiger partial charge is 0.304 e. The van der Waals surface area contributed by atoms with Crippen LogP contribution < -0.4 is 15.5 Å². The van der Waals surface area contributed by atoms with Crippen molar-refractivity contribution in [2.75, 3.05) is 7.11 Å². The van der Waals surface area contributed by atoms with Gasteiger partial charge in [-0.05, 0) is 55.5 Å². The number of benzene rings is 3. The van der Waals surface area contributed by atoms with Gasteiger partial charge in [-0.25, -0.2) is 0 Å². The third-order valence-electron chi connectivity index (χ3n) is 5.28. The van der Waals surface area contributed by atoms with Crippen molar-refractivity contribution >= 4 is 18.0 Å². The molecule has 6 heteroatoms. The van der Waals surface area contributed by atoms with Crippen LogP contribution in [0.1, 0.15) is 33.1 Å². The van der Waals surface area contributed by atoms with Crippen molar-refractivity contribution < 1.29 is 19.0 Å². The largest absolute Gasteiger partial charge is 0.497 e. The van der Waals surface area contributed by atoms with E-state index in [0.717, 1.165) is 22.4 Å². The lowest BCUT2D eigenvalue weighted by atomic mass is 9.99. The van der Waals surface area contributed by atoms with Crippen molar-refractivity contribution in [2.24, 2.45) is 0 Å². The van der Waals surface area contributed by atoms with Gasteiger partial charge in [0.05, 0.1) is 7.11 Å². The SMILES string of the molecule is COc1ccc([C@H]2[C@@H](NC(=O)c3ccccc3)C(=O)N/[N+]2=C\c2ccc(C)cc2)cc1. The third kappa shape index (κ3) is 4.48. The molecule has 156 valence electrons. The zero-order chi connectivity index (χ0) is 21.8. The molecular weight excluding hydrogens is 390 g/mol. The summed E-state index contributed by atoms with van der Waals surface area (Å²) < 4.78 is 7.02. The van der Waals surface area contributed by atoms with Crippen LogP contribution in [0, 0.1) is 6.92 Å². The van der Waals surface area contributed by atoms with E-state index in [1.54, 1.807) is 36.1 Å². The van der Waals surface area contributed by atoms with Crippen LogP contribution in [0.3, 0.4) is 0 Å². The van der Waals surface area contributed by atoms with E-state index in [9.17, 15) is 9.59 Å². The predicted molar refractivity (Wildman–Crippen MR) is 118 cm³/mol. The number of nitrogens with one attached hydrogen (secondary N) is 2. The van der Waals surface area contributed by atoms with E-state index in [1.165, 1.54) is 0 Å². The van der Waals surface area contributed by atoms with Gasteiger partial charge in [-0.15, -0.1) is 10.1 Å². The average molecular weight is 414 g/mol. The number of aryl methyl sites for hydroxylation is 1. The molecule has 1 heterocycles. The zero-order valence-electron chi connectivity index (χ0n) is 17.4. The zero-order valence-corrected chi connectivity index (χ0v) is 17.4. The molecule has 6 nitrogen and oxygen atoms in total. The highest BCUT2D eigenvalue weighted by Gasteiger charge is 2.47. The van der Waals surface area contributed by atoms with Gasteiger partial charge in [-0.3, -0.25) is 9.59 Å². The number of carbonyl (C=O) groups is 2. The quantitative estimate of drug-likeness (QED) is 0.631. The molecule has 2 atom stereocenters. The number of hydrogen-bond donors (Lipinski definition) is 2. The Balaban J connectivity index is 1.70. The molecule has 0 saturated carbocycles. The fraction of sp³-hybridized carbons (Fsp3) is 0.160. The second-order valence-electron chi connectivity index (χ2n) is 7.46. The molecule has 1 aliphatic rings. The molecule has 0 unspecified atom stereocenters. The van der Waals surface area contributed by atoms with E-state index in [-0.39, 0.29) is 11.8 Å². The van der Waals surface area contributed by atoms with E-state index >= 15 is 0 Å². The van der Waals surface area contributed by atoms with E-state index in [2.05, 4.69) is 10.7 Å². The molecule has 3 aromatic carbocycles. The molecule has 0 bridgehead atoms. The second kappa shape index (κ2) is 8.83. The van der Waals surface area contributed by atoms with Crippen molar-refractivity contribution in [1.29, 1.82) is 0 Å². The number of amides is 2. The summed E-state index contributed by atoms with van der Waals surface area (Å²) in [5.41, 5.74) is 6.37. The summed E-state index contributed by atoms with van der Waals surface area (Å²) >= 11 is 0. The van der Waals surface area contributed by atoms with E-state index in [4.69, 9.17) is 4.74 Å². The Kier molecular flexibility index (Phi) is 5.80. The van der Waals surface area contributed by atoms with Crippen LogP contribution in [0.2, 0.25) is 0 Å². The molecule has 0 spiro atoms. The second-order valence-corrected chi connectivity index (χ2v) is 7.46. The van der Waals surface area contributed by atoms with E-state index in [1.807, 2.05) is 67.7 Å². The van der Waals surface area contributed by atoms with Gasteiger partial charge >= 0.3 is 5.91 Å². The molecule has 1 fully saturated rings. The fourth-order valence-corrected chi connectivity index (χ4v) is 3.61. The highest BCUT2D eigenvalue weighted by atomic mass is 16.5. The number of rotatable bonds is 5. The van der Waals surface area contributed by atoms with Crippen LogP contribution in [-0.4, -0.2) is 35.9 Å². The average Bonchev–Trinajstić information content (AvgIpc) is 3.10. The normalized spacial score (nSPS) is 19.2. The number of hydrogen-bond acceptors (Lipinski definition) is 3. The van der Waals surface area contributed by atoms with Gasteiger partial charge in [-0.1, -0.05) is 35.9 Å². The molecule has 2 N–H and O–H groups in total. The van der Waals surface area contributed by atoms with Gasteiger partial charge < -0.3 is 10.1 Å². The summed E-state index contributed by atoms with van der Waals surface area (Å²) in [6, 6.07) is 23.2. The van der Waals surface area contributed by atoms with Crippen LogP contribution in [0.4, 0.5) is 0 Å². The minimum Gasteiger partial charge on any atom is -0.497 e. The summed E-state index contributed by atoms with van der Waals surface area (Å²) in [6.45, 7) is 2.02. The van der Waals surface area contributed by atoms with Crippen molar-refractivity contribution in [2.45, 2.75) is 19.0 Å². The summed E-state index contributed by atoms with van der Waals surface area (Å²) in [6.07, 6.45) is 1.88. The van der Waals surface area contributed by atoms with E-state index in [0.29, 0.717) is 5.56 Å². The van der Waals surface area contributed by atoms with Gasteiger partial charge in [0.1, 0.15) is 5.75 Å². The van der Waals surface area contributed by atoms with Crippen molar-refractivity contribution in [3.05, 3.63) is 101 Å². The van der Waals surface area contributed by atoms with Gasteiger partial charge in [0.25, 0.3) is 5.91 Å². The number of ether oxygens (including phenoxy) is 1. The van der Waals surface area contributed by atoms with Crippen LogP contribution in [0.15, 0.2) is 78.9 Å². The first-order chi connectivity index (χ1) is 15.0. The molecule has 2 amide bonds. The van der Waals surface area contributed by atoms with Crippen molar-refractivity contribution in [3.63, 3.8) is 0 Å². The minimum atomic E-state index is -0.761. The summed E-state index contributed by atoms with van der Waals surface area (Å²) in [5.74, 6) is 0.157. The number of nitrogens with zero attached hydrogens (tertiary/aromatic N) is 1. The number of hydrazine groups is 1. The van der Waals surface area contributed by atoms with Crippen LogP contribution in [0.25, 0.3) is 0 Å². The highest BCUT2D eigenvalue weighted by Crippen LogP contribution is 2.27. The Labute approximate surface area is 181 Å². The van der Waals surface area contributed by atoms with Gasteiger partial charge in [0.15, 0.2) is 6.04 Å². The molecule has 0 aliphatic carbocycles. The number of hydrazone groups is 1. The lowest BCUT2D eigenvalue weighted by molar-refractivity contribution is -0.596. The summed E-state index contributed by atoms with van der Waals surface area (Å²) in [4.78, 5) is 25.7. The van der Waals surface area contributed by atoms with Gasteiger partial charge in [-0.2, -0.15) is 0 Å². The molecule has 3 aromatic rings. The maximum atomic E-state index is 12.9. The first-order valence-electron chi connectivity index (χ1n) is 10.1. The van der Waals surface area contributed by atoms with E-state index < -0.39 is 12.1 Å². The summed E-state index contributed by atoms with van der Waals surface area (Å²) in [5, 5.41) is 2.90. The molecular formula is C25H24N3O3+.